The molecule has 0 radical (unpaired) electrons. The van der Waals surface area contributed by atoms with Crippen molar-refractivity contribution in [2.45, 2.75) is 48.9 Å². The first-order chi connectivity index (χ1) is 9.19. The van der Waals surface area contributed by atoms with Gasteiger partial charge in [0.05, 0.1) is 11.0 Å². The fourth-order valence-electron chi connectivity index (χ4n) is 2.20. The molecule has 6 nitrogen and oxygen atoms in total. The van der Waals surface area contributed by atoms with Crippen molar-refractivity contribution in [1.29, 1.82) is 0 Å². The molecule has 1 saturated carbocycles. The topological polar surface area (TPSA) is 110 Å². The Labute approximate surface area is 116 Å². The van der Waals surface area contributed by atoms with Gasteiger partial charge in [-0.1, -0.05) is 36.2 Å². The first-order valence-corrected chi connectivity index (χ1v) is 7.34. The summed E-state index contributed by atoms with van der Waals surface area (Å²) in [6.07, 6.45) is 6.38. The van der Waals surface area contributed by atoms with E-state index in [1.54, 1.807) is 0 Å². The number of thioether (sulfide) groups is 1. The lowest BCUT2D eigenvalue weighted by Crippen LogP contribution is -2.20. The summed E-state index contributed by atoms with van der Waals surface area (Å²) in [5, 5.41) is 13.2. The largest absolute Gasteiger partial charge is 0.411 e. The van der Waals surface area contributed by atoms with Gasteiger partial charge in [0.15, 0.2) is 5.16 Å². The van der Waals surface area contributed by atoms with Gasteiger partial charge < -0.3 is 16.7 Å². The number of nitrogen functional groups attached to an aromatic ring is 2. The zero-order valence-electron chi connectivity index (χ0n) is 10.7. The van der Waals surface area contributed by atoms with Gasteiger partial charge in [-0.05, 0) is 19.3 Å². The smallest absolute Gasteiger partial charge is 0.192 e. The Morgan fingerprint density at radius 2 is 1.84 bits per heavy atom. The van der Waals surface area contributed by atoms with Crippen LogP contribution in [0.15, 0.2) is 16.4 Å². The van der Waals surface area contributed by atoms with Crippen molar-refractivity contribution in [2.75, 3.05) is 11.5 Å². The maximum absolute atomic E-state index is 9.15. The lowest BCUT2D eigenvalue weighted by molar-refractivity contribution is 0.315. The number of nitrogens with two attached hydrogens (primary N) is 2. The Hall–Kier alpha value is -1.50. The first kappa shape index (κ1) is 13.9. The molecule has 5 N–H and O–H groups in total. The van der Waals surface area contributed by atoms with Crippen LogP contribution in [0.3, 0.4) is 0 Å². The average molecular weight is 281 g/mol. The normalized spacial score (nSPS) is 22.9. The van der Waals surface area contributed by atoms with Crippen molar-refractivity contribution in [2.24, 2.45) is 5.16 Å². The monoisotopic (exact) mass is 281 g/mol. The first-order valence-electron chi connectivity index (χ1n) is 6.46. The van der Waals surface area contributed by atoms with Crippen molar-refractivity contribution in [3.63, 3.8) is 0 Å². The summed E-state index contributed by atoms with van der Waals surface area (Å²) < 4.78 is 0. The van der Waals surface area contributed by atoms with Crippen LogP contribution < -0.4 is 11.5 Å². The van der Waals surface area contributed by atoms with Gasteiger partial charge in [0.2, 0.25) is 0 Å². The number of hydrogen-bond donors (Lipinski definition) is 3. The Kier molecular flexibility index (Phi) is 4.84. The van der Waals surface area contributed by atoms with E-state index in [9.17, 15) is 0 Å². The van der Waals surface area contributed by atoms with E-state index in [-0.39, 0.29) is 5.25 Å². The van der Waals surface area contributed by atoms with Crippen molar-refractivity contribution < 1.29 is 5.21 Å². The second-order valence-corrected chi connectivity index (χ2v) is 5.82. The minimum absolute atomic E-state index is 0.103. The molecule has 1 atom stereocenters. The van der Waals surface area contributed by atoms with Crippen molar-refractivity contribution in [3.8, 4) is 0 Å². The molecular formula is C12H19N5OS. The quantitative estimate of drug-likeness (QED) is 0.436. The van der Waals surface area contributed by atoms with Crippen LogP contribution in [0.1, 0.15) is 38.5 Å². The number of rotatable bonds is 2. The van der Waals surface area contributed by atoms with Gasteiger partial charge in [0.1, 0.15) is 11.6 Å². The van der Waals surface area contributed by atoms with Gasteiger partial charge in [-0.15, -0.1) is 0 Å². The molecule has 2 rings (SSSR count). The van der Waals surface area contributed by atoms with Crippen LogP contribution in [-0.4, -0.2) is 26.1 Å². The van der Waals surface area contributed by atoms with Crippen LogP contribution in [-0.2, 0) is 0 Å². The molecule has 7 heteroatoms. The average Bonchev–Trinajstić information content (AvgIpc) is 2.32. The van der Waals surface area contributed by atoms with E-state index in [0.717, 1.165) is 31.4 Å². The number of anilines is 2. The molecular weight excluding hydrogens is 262 g/mol. The highest BCUT2D eigenvalue weighted by Gasteiger charge is 2.21. The lowest BCUT2D eigenvalue weighted by Gasteiger charge is -2.19. The molecule has 0 spiro atoms. The summed E-state index contributed by atoms with van der Waals surface area (Å²) in [6.45, 7) is 0. The van der Waals surface area contributed by atoms with Gasteiger partial charge in [-0.25, -0.2) is 9.97 Å². The summed E-state index contributed by atoms with van der Waals surface area (Å²) >= 11 is 1.48. The van der Waals surface area contributed by atoms with E-state index >= 15 is 0 Å². The standard InChI is InChI=1S/C12H19N5OS/c13-10-7-11(14)16-12(15-10)19-9-6-4-2-1-3-5-8(9)17-18/h7,9,18H,1-6H2,(H4,13,14,15,16)/b17-8+/t9-/m0/s1. The maximum Gasteiger partial charge on any atom is 0.192 e. The molecule has 0 saturated heterocycles. The van der Waals surface area contributed by atoms with E-state index in [0.29, 0.717) is 16.8 Å². The van der Waals surface area contributed by atoms with Crippen molar-refractivity contribution in [3.05, 3.63) is 6.07 Å². The molecule has 1 aromatic heterocycles. The Morgan fingerprint density at radius 3 is 2.53 bits per heavy atom. The number of oxime groups is 1. The van der Waals surface area contributed by atoms with Crippen molar-refractivity contribution >= 4 is 29.1 Å². The van der Waals surface area contributed by atoms with Gasteiger partial charge in [0, 0.05) is 6.07 Å². The third kappa shape index (κ3) is 3.99. The predicted octanol–water partition coefficient (Wildman–Crippen LogP) is 2.29. The molecule has 1 fully saturated rings. The highest BCUT2D eigenvalue weighted by molar-refractivity contribution is 8.00. The van der Waals surface area contributed by atoms with Gasteiger partial charge in [-0.3, -0.25) is 0 Å². The highest BCUT2D eigenvalue weighted by atomic mass is 32.2. The summed E-state index contributed by atoms with van der Waals surface area (Å²) in [5.74, 6) is 0.728. The lowest BCUT2D eigenvalue weighted by atomic mass is 9.99. The van der Waals surface area contributed by atoms with Gasteiger partial charge >= 0.3 is 0 Å². The van der Waals surface area contributed by atoms with Crippen LogP contribution in [0.2, 0.25) is 0 Å². The van der Waals surface area contributed by atoms with E-state index in [2.05, 4.69) is 15.1 Å². The van der Waals surface area contributed by atoms with E-state index in [4.69, 9.17) is 16.7 Å². The number of hydrogen-bond acceptors (Lipinski definition) is 7. The van der Waals surface area contributed by atoms with Crippen LogP contribution in [0.25, 0.3) is 0 Å². The molecule has 0 bridgehead atoms. The predicted molar refractivity (Wildman–Crippen MR) is 77.4 cm³/mol. The second kappa shape index (κ2) is 6.60. The molecule has 1 aromatic rings. The molecule has 104 valence electrons. The highest BCUT2D eigenvalue weighted by Crippen LogP contribution is 2.29. The molecule has 0 aromatic carbocycles. The zero-order chi connectivity index (χ0) is 13.7. The van der Waals surface area contributed by atoms with E-state index in [1.807, 2.05) is 0 Å². The zero-order valence-corrected chi connectivity index (χ0v) is 11.6. The minimum atomic E-state index is 0.103. The fourth-order valence-corrected chi connectivity index (χ4v) is 3.36. The summed E-state index contributed by atoms with van der Waals surface area (Å²) in [4.78, 5) is 8.33. The summed E-state index contributed by atoms with van der Waals surface area (Å²) in [7, 11) is 0. The SMILES string of the molecule is Nc1cc(N)nc(S[C@H]2CCCCCC/C2=N\O)n1. The molecule has 0 unspecified atom stereocenters. The van der Waals surface area contributed by atoms with E-state index in [1.165, 1.54) is 30.7 Å². The third-order valence-corrected chi connectivity index (χ3v) is 4.33. The van der Waals surface area contributed by atoms with Crippen LogP contribution in [0.4, 0.5) is 11.6 Å². The Bertz CT molecular complexity index is 445. The van der Waals surface area contributed by atoms with Crippen LogP contribution in [0.5, 0.6) is 0 Å². The van der Waals surface area contributed by atoms with Crippen LogP contribution in [0, 0.1) is 0 Å². The van der Waals surface area contributed by atoms with Crippen LogP contribution >= 0.6 is 11.8 Å². The maximum atomic E-state index is 9.15. The second-order valence-electron chi connectivity index (χ2n) is 4.65. The number of aromatic nitrogens is 2. The molecule has 1 aliphatic rings. The molecule has 19 heavy (non-hydrogen) atoms. The molecule has 1 aliphatic carbocycles. The summed E-state index contributed by atoms with van der Waals surface area (Å²) in [5.41, 5.74) is 12.1. The van der Waals surface area contributed by atoms with Gasteiger partial charge in [0.25, 0.3) is 0 Å². The minimum Gasteiger partial charge on any atom is -0.411 e. The Balaban J connectivity index is 2.13. The molecule has 1 heterocycles. The Morgan fingerprint density at radius 1 is 1.16 bits per heavy atom. The van der Waals surface area contributed by atoms with Gasteiger partial charge in [-0.2, -0.15) is 0 Å². The van der Waals surface area contributed by atoms with Crippen molar-refractivity contribution in [1.82, 2.24) is 9.97 Å². The molecule has 0 aliphatic heterocycles. The summed E-state index contributed by atoms with van der Waals surface area (Å²) in [6, 6.07) is 1.53. The molecule has 0 amide bonds. The third-order valence-electron chi connectivity index (χ3n) is 3.14. The fraction of sp³-hybridized carbons (Fsp3) is 0.583. The van der Waals surface area contributed by atoms with E-state index < -0.39 is 0 Å². The number of nitrogens with zero attached hydrogens (tertiary/aromatic N) is 3.